The van der Waals surface area contributed by atoms with Gasteiger partial charge in [-0.25, -0.2) is 9.59 Å². The predicted molar refractivity (Wildman–Crippen MR) is 83.1 cm³/mol. The standard InChI is InChI=1S/C16H20N2O4/c1-16(2,3)22-15(21)17-7-9-18-8-6-11-4-5-12(14(19)20)10-13(11)18/h4-6,8,10H,7,9H2,1-3H3,(H,17,21)(H,19,20). The minimum atomic E-state index is -0.957. The molecule has 1 heterocycles. The highest BCUT2D eigenvalue weighted by atomic mass is 16.6. The molecule has 0 spiro atoms. The number of nitrogens with one attached hydrogen (secondary N) is 1. The first kappa shape index (κ1) is 15.9. The van der Waals surface area contributed by atoms with E-state index >= 15 is 0 Å². The first-order chi connectivity index (χ1) is 10.3. The van der Waals surface area contributed by atoms with Crippen molar-refractivity contribution >= 4 is 23.0 Å². The highest BCUT2D eigenvalue weighted by Gasteiger charge is 2.15. The van der Waals surface area contributed by atoms with Crippen LogP contribution in [0.4, 0.5) is 4.79 Å². The number of fused-ring (bicyclic) bond motifs is 1. The van der Waals surface area contributed by atoms with E-state index < -0.39 is 17.7 Å². The zero-order valence-electron chi connectivity index (χ0n) is 12.9. The monoisotopic (exact) mass is 304 g/mol. The molecule has 0 fully saturated rings. The van der Waals surface area contributed by atoms with Gasteiger partial charge in [0, 0.05) is 24.8 Å². The molecule has 0 saturated carbocycles. The van der Waals surface area contributed by atoms with Crippen LogP contribution in [0.1, 0.15) is 31.1 Å². The van der Waals surface area contributed by atoms with Crippen LogP contribution in [0.15, 0.2) is 30.5 Å². The van der Waals surface area contributed by atoms with Crippen molar-refractivity contribution in [2.75, 3.05) is 6.54 Å². The van der Waals surface area contributed by atoms with Crippen molar-refractivity contribution in [1.29, 1.82) is 0 Å². The first-order valence-corrected chi connectivity index (χ1v) is 7.05. The van der Waals surface area contributed by atoms with Gasteiger partial charge in [0.2, 0.25) is 0 Å². The Morgan fingerprint density at radius 1 is 1.27 bits per heavy atom. The number of amides is 1. The topological polar surface area (TPSA) is 80.6 Å². The van der Waals surface area contributed by atoms with E-state index in [-0.39, 0.29) is 5.56 Å². The van der Waals surface area contributed by atoms with Crippen LogP contribution in [0.5, 0.6) is 0 Å². The molecule has 2 aromatic rings. The number of carboxylic acid groups (broad SMARTS) is 1. The maximum Gasteiger partial charge on any atom is 0.407 e. The Hall–Kier alpha value is -2.50. The number of aromatic carboxylic acids is 1. The Labute approximate surface area is 128 Å². The van der Waals surface area contributed by atoms with E-state index in [1.165, 1.54) is 0 Å². The van der Waals surface area contributed by atoms with E-state index in [1.807, 2.05) is 16.8 Å². The molecule has 22 heavy (non-hydrogen) atoms. The molecule has 1 aromatic carbocycles. The molecule has 2 rings (SSSR count). The second-order valence-corrected chi connectivity index (χ2v) is 6.02. The molecule has 0 unspecified atom stereocenters. The summed E-state index contributed by atoms with van der Waals surface area (Å²) in [5.74, 6) is -0.957. The molecule has 0 saturated heterocycles. The van der Waals surface area contributed by atoms with Crippen LogP contribution >= 0.6 is 0 Å². The summed E-state index contributed by atoms with van der Waals surface area (Å²) in [4.78, 5) is 22.6. The van der Waals surface area contributed by atoms with Gasteiger partial charge in [-0.05, 0) is 44.4 Å². The minimum Gasteiger partial charge on any atom is -0.478 e. The highest BCUT2D eigenvalue weighted by Crippen LogP contribution is 2.17. The Kier molecular flexibility index (Phi) is 4.40. The van der Waals surface area contributed by atoms with Crippen molar-refractivity contribution in [1.82, 2.24) is 9.88 Å². The molecular weight excluding hydrogens is 284 g/mol. The summed E-state index contributed by atoms with van der Waals surface area (Å²) in [6, 6.07) is 6.89. The summed E-state index contributed by atoms with van der Waals surface area (Å²) < 4.78 is 7.06. The maximum absolute atomic E-state index is 11.6. The molecule has 0 atom stereocenters. The zero-order chi connectivity index (χ0) is 16.3. The zero-order valence-corrected chi connectivity index (χ0v) is 12.9. The number of hydrogen-bond acceptors (Lipinski definition) is 3. The molecule has 118 valence electrons. The van der Waals surface area contributed by atoms with E-state index in [9.17, 15) is 9.59 Å². The van der Waals surface area contributed by atoms with Crippen molar-refractivity contribution in [2.45, 2.75) is 32.9 Å². The van der Waals surface area contributed by atoms with Gasteiger partial charge in [-0.2, -0.15) is 0 Å². The van der Waals surface area contributed by atoms with E-state index in [1.54, 1.807) is 39.0 Å². The average Bonchev–Trinajstić information content (AvgIpc) is 2.79. The van der Waals surface area contributed by atoms with Gasteiger partial charge in [0.05, 0.1) is 5.56 Å². The predicted octanol–water partition coefficient (Wildman–Crippen LogP) is 2.86. The lowest BCUT2D eigenvalue weighted by Crippen LogP contribution is -2.34. The van der Waals surface area contributed by atoms with Gasteiger partial charge in [0.25, 0.3) is 0 Å². The summed E-state index contributed by atoms with van der Waals surface area (Å²) in [7, 11) is 0. The Morgan fingerprint density at radius 3 is 2.64 bits per heavy atom. The molecule has 0 aliphatic heterocycles. The molecule has 0 aliphatic carbocycles. The van der Waals surface area contributed by atoms with Crippen LogP contribution in [-0.2, 0) is 11.3 Å². The molecule has 2 N–H and O–H groups in total. The summed E-state index contributed by atoms with van der Waals surface area (Å²) in [6.07, 6.45) is 1.41. The maximum atomic E-state index is 11.6. The lowest BCUT2D eigenvalue weighted by Gasteiger charge is -2.19. The number of alkyl carbamates (subject to hydrolysis) is 1. The van der Waals surface area contributed by atoms with Crippen molar-refractivity contribution in [3.63, 3.8) is 0 Å². The molecule has 0 radical (unpaired) electrons. The molecule has 0 bridgehead atoms. The Balaban J connectivity index is 2.01. The third-order valence-corrected chi connectivity index (χ3v) is 3.04. The van der Waals surface area contributed by atoms with E-state index in [0.29, 0.717) is 13.1 Å². The second kappa shape index (κ2) is 6.09. The van der Waals surface area contributed by atoms with E-state index in [0.717, 1.165) is 10.9 Å². The molecule has 6 heteroatoms. The largest absolute Gasteiger partial charge is 0.478 e. The van der Waals surface area contributed by atoms with Gasteiger partial charge in [0.15, 0.2) is 0 Å². The number of carbonyl (C=O) groups excluding carboxylic acids is 1. The third-order valence-electron chi connectivity index (χ3n) is 3.04. The number of ether oxygens (including phenoxy) is 1. The number of hydrogen-bond donors (Lipinski definition) is 2. The van der Waals surface area contributed by atoms with Crippen molar-refractivity contribution in [3.8, 4) is 0 Å². The van der Waals surface area contributed by atoms with Gasteiger partial charge >= 0.3 is 12.1 Å². The van der Waals surface area contributed by atoms with Crippen molar-refractivity contribution in [2.24, 2.45) is 0 Å². The van der Waals surface area contributed by atoms with Crippen LogP contribution < -0.4 is 5.32 Å². The molecule has 1 aromatic heterocycles. The summed E-state index contributed by atoms with van der Waals surface area (Å²) in [6.45, 7) is 6.35. The number of carbonyl (C=O) groups is 2. The number of carboxylic acids is 1. The van der Waals surface area contributed by atoms with Crippen LogP contribution in [0.2, 0.25) is 0 Å². The number of nitrogens with zero attached hydrogens (tertiary/aromatic N) is 1. The fourth-order valence-electron chi connectivity index (χ4n) is 2.10. The summed E-state index contributed by atoms with van der Waals surface area (Å²) in [5, 5.41) is 12.7. The van der Waals surface area contributed by atoms with Crippen LogP contribution in [0.3, 0.4) is 0 Å². The van der Waals surface area contributed by atoms with Gasteiger partial charge in [-0.3, -0.25) is 0 Å². The first-order valence-electron chi connectivity index (χ1n) is 7.05. The summed E-state index contributed by atoms with van der Waals surface area (Å²) >= 11 is 0. The third kappa shape index (κ3) is 4.00. The van der Waals surface area contributed by atoms with Crippen LogP contribution in [0, 0.1) is 0 Å². The Bertz CT molecular complexity index is 698. The fraction of sp³-hybridized carbons (Fsp3) is 0.375. The quantitative estimate of drug-likeness (QED) is 0.910. The minimum absolute atomic E-state index is 0.243. The summed E-state index contributed by atoms with van der Waals surface area (Å²) in [5.41, 5.74) is 0.541. The van der Waals surface area contributed by atoms with Gasteiger partial charge in [-0.15, -0.1) is 0 Å². The van der Waals surface area contributed by atoms with Crippen LogP contribution in [0.25, 0.3) is 10.9 Å². The normalized spacial score (nSPS) is 11.4. The second-order valence-electron chi connectivity index (χ2n) is 6.02. The lowest BCUT2D eigenvalue weighted by atomic mass is 10.2. The lowest BCUT2D eigenvalue weighted by molar-refractivity contribution is 0.0525. The number of benzene rings is 1. The molecule has 1 amide bonds. The smallest absolute Gasteiger partial charge is 0.407 e. The molecule has 0 aliphatic rings. The molecule has 6 nitrogen and oxygen atoms in total. The number of rotatable bonds is 4. The van der Waals surface area contributed by atoms with E-state index in [2.05, 4.69) is 5.32 Å². The number of aromatic nitrogens is 1. The van der Waals surface area contributed by atoms with Gasteiger partial charge < -0.3 is 19.7 Å². The SMILES string of the molecule is CC(C)(C)OC(=O)NCCn1ccc2ccc(C(=O)O)cc21. The van der Waals surface area contributed by atoms with Crippen molar-refractivity contribution in [3.05, 3.63) is 36.0 Å². The van der Waals surface area contributed by atoms with Gasteiger partial charge in [0.1, 0.15) is 5.60 Å². The van der Waals surface area contributed by atoms with Crippen LogP contribution in [-0.4, -0.2) is 33.9 Å². The van der Waals surface area contributed by atoms with Crippen molar-refractivity contribution < 1.29 is 19.4 Å². The average molecular weight is 304 g/mol. The molecular formula is C16H20N2O4. The Morgan fingerprint density at radius 2 is 2.00 bits per heavy atom. The van der Waals surface area contributed by atoms with Gasteiger partial charge in [-0.1, -0.05) is 6.07 Å². The van der Waals surface area contributed by atoms with E-state index in [4.69, 9.17) is 9.84 Å². The highest BCUT2D eigenvalue weighted by molar-refractivity contribution is 5.93. The fourth-order valence-corrected chi connectivity index (χ4v) is 2.10.